The molecular formula is C28H35ClN8O2. The van der Waals surface area contributed by atoms with Gasteiger partial charge in [0.25, 0.3) is 5.91 Å². The summed E-state index contributed by atoms with van der Waals surface area (Å²) in [5, 5.41) is 8.75. The molecule has 3 aromatic rings. The molecule has 0 bridgehead atoms. The zero-order chi connectivity index (χ0) is 26.9. The van der Waals surface area contributed by atoms with E-state index in [1.165, 1.54) is 32.1 Å². The number of carbonyl (C=O) groups is 1. The van der Waals surface area contributed by atoms with E-state index < -0.39 is 5.91 Å². The summed E-state index contributed by atoms with van der Waals surface area (Å²) in [5.41, 5.74) is 13.8. The number of anilines is 1. The first-order chi connectivity index (χ1) is 19.0. The van der Waals surface area contributed by atoms with Crippen molar-refractivity contribution in [2.75, 3.05) is 45.0 Å². The van der Waals surface area contributed by atoms with Gasteiger partial charge in [-0.3, -0.25) is 9.69 Å². The first kappa shape index (κ1) is 26.1. The fourth-order valence-electron chi connectivity index (χ4n) is 6.04. The number of likely N-dealkylation sites (tertiary alicyclic amines) is 2. The van der Waals surface area contributed by atoms with Crippen LogP contribution >= 0.6 is 11.6 Å². The summed E-state index contributed by atoms with van der Waals surface area (Å²) in [6.45, 7) is 6.66. The predicted molar refractivity (Wildman–Crippen MR) is 151 cm³/mol. The highest BCUT2D eigenvalue weighted by Gasteiger charge is 2.34. The second-order valence-corrected chi connectivity index (χ2v) is 11.1. The zero-order valence-corrected chi connectivity index (χ0v) is 22.7. The average molecular weight is 551 g/mol. The topological polar surface area (TPSA) is 128 Å². The van der Waals surface area contributed by atoms with Crippen molar-refractivity contribution in [1.82, 2.24) is 29.9 Å². The Labute approximate surface area is 233 Å². The molecule has 1 amide bonds. The van der Waals surface area contributed by atoms with Gasteiger partial charge in [0, 0.05) is 69.2 Å². The number of hydrogen-bond donors (Lipinski definition) is 3. The lowest BCUT2D eigenvalue weighted by atomic mass is 9.96. The van der Waals surface area contributed by atoms with Crippen molar-refractivity contribution >= 4 is 23.3 Å². The summed E-state index contributed by atoms with van der Waals surface area (Å²) in [5.74, 6) is 0.796. The third-order valence-corrected chi connectivity index (χ3v) is 8.60. The monoisotopic (exact) mass is 550 g/mol. The van der Waals surface area contributed by atoms with Gasteiger partial charge in [0.2, 0.25) is 5.88 Å². The minimum atomic E-state index is -0.578. The number of nitrogens with one attached hydrogen (secondary N) is 1. The molecule has 2 aromatic heterocycles. The lowest BCUT2D eigenvalue weighted by Gasteiger charge is -2.46. The molecule has 0 spiro atoms. The van der Waals surface area contributed by atoms with E-state index in [-0.39, 0.29) is 11.6 Å². The number of halogens is 1. The molecular weight excluding hydrogens is 516 g/mol. The molecule has 5 heterocycles. The van der Waals surface area contributed by atoms with Gasteiger partial charge in [-0.25, -0.2) is 9.67 Å². The number of aromatic nitrogens is 3. The summed E-state index contributed by atoms with van der Waals surface area (Å²) in [6.07, 6.45) is 5.87. The molecule has 0 saturated carbocycles. The third-order valence-electron chi connectivity index (χ3n) is 8.38. The Hall–Kier alpha value is -3.18. The SMILES string of the molecule is NC(=O)c1c(-c2ccc(Oc3ccc(Cl)cn3)cc2)nn(C2CCN(C3CCN(C4CNC4)CC3)CC2)c1N. The van der Waals surface area contributed by atoms with Crippen molar-refractivity contribution in [3.05, 3.63) is 53.2 Å². The van der Waals surface area contributed by atoms with Crippen molar-refractivity contribution in [2.45, 2.75) is 43.8 Å². The predicted octanol–water partition coefficient (Wildman–Crippen LogP) is 3.14. The maximum atomic E-state index is 12.4. The van der Waals surface area contributed by atoms with Crippen LogP contribution in [0.5, 0.6) is 11.6 Å². The van der Waals surface area contributed by atoms with Crippen molar-refractivity contribution in [3.8, 4) is 22.9 Å². The van der Waals surface area contributed by atoms with Crippen LogP contribution in [0.25, 0.3) is 11.3 Å². The standard InChI is InChI=1S/C28H35ClN8O2/c29-19-3-6-24(33-15-19)39-23-4-1-18(2-5-23)26-25(28(31)38)27(30)37(34-26)21-9-13-35(14-10-21)20-7-11-36(12-8-20)22-16-32-17-22/h1-6,15,20-22,32H,7-14,16-17,30H2,(H2,31,38). The summed E-state index contributed by atoms with van der Waals surface area (Å²) in [7, 11) is 0. The molecule has 5 N–H and O–H groups in total. The number of amides is 1. The lowest BCUT2D eigenvalue weighted by Crippen LogP contribution is -2.60. The van der Waals surface area contributed by atoms with Crippen molar-refractivity contribution in [3.63, 3.8) is 0 Å². The van der Waals surface area contributed by atoms with E-state index in [1.807, 2.05) is 16.8 Å². The molecule has 11 heteroatoms. The van der Waals surface area contributed by atoms with E-state index in [9.17, 15) is 4.79 Å². The molecule has 39 heavy (non-hydrogen) atoms. The van der Waals surface area contributed by atoms with E-state index in [1.54, 1.807) is 24.3 Å². The average Bonchev–Trinajstić information content (AvgIpc) is 3.27. The van der Waals surface area contributed by atoms with Crippen LogP contribution in [0.2, 0.25) is 5.02 Å². The van der Waals surface area contributed by atoms with E-state index >= 15 is 0 Å². The number of hydrogen-bond acceptors (Lipinski definition) is 8. The molecule has 0 unspecified atom stereocenters. The highest BCUT2D eigenvalue weighted by atomic mass is 35.5. The Kier molecular flexibility index (Phi) is 7.44. The van der Waals surface area contributed by atoms with E-state index in [4.69, 9.17) is 32.9 Å². The summed E-state index contributed by atoms with van der Waals surface area (Å²) in [6, 6.07) is 12.2. The van der Waals surface area contributed by atoms with E-state index in [0.29, 0.717) is 34.2 Å². The minimum Gasteiger partial charge on any atom is -0.439 e. The maximum absolute atomic E-state index is 12.4. The summed E-state index contributed by atoms with van der Waals surface area (Å²) in [4.78, 5) is 21.9. The number of piperidine rings is 2. The summed E-state index contributed by atoms with van der Waals surface area (Å²) >= 11 is 5.90. The second-order valence-electron chi connectivity index (χ2n) is 10.7. The smallest absolute Gasteiger partial charge is 0.254 e. The molecule has 206 valence electrons. The van der Waals surface area contributed by atoms with Gasteiger partial charge in [0.15, 0.2) is 0 Å². The minimum absolute atomic E-state index is 0.132. The van der Waals surface area contributed by atoms with Gasteiger partial charge in [-0.15, -0.1) is 0 Å². The number of rotatable bonds is 7. The van der Waals surface area contributed by atoms with Gasteiger partial charge in [-0.05, 0) is 56.0 Å². The summed E-state index contributed by atoms with van der Waals surface area (Å²) < 4.78 is 7.61. The first-order valence-corrected chi connectivity index (χ1v) is 14.1. The quantitative estimate of drug-likeness (QED) is 0.409. The molecule has 3 saturated heterocycles. The number of benzene rings is 1. The Balaban J connectivity index is 1.12. The van der Waals surface area contributed by atoms with Crippen LogP contribution in [-0.2, 0) is 0 Å². The van der Waals surface area contributed by atoms with Crippen LogP contribution in [-0.4, -0.2) is 81.8 Å². The maximum Gasteiger partial charge on any atom is 0.254 e. The molecule has 0 radical (unpaired) electrons. The Morgan fingerprint density at radius 2 is 1.56 bits per heavy atom. The molecule has 1 aromatic carbocycles. The van der Waals surface area contributed by atoms with E-state index in [2.05, 4.69) is 20.1 Å². The highest BCUT2D eigenvalue weighted by Crippen LogP contribution is 2.34. The van der Waals surface area contributed by atoms with Gasteiger partial charge < -0.3 is 26.4 Å². The Morgan fingerprint density at radius 3 is 2.13 bits per heavy atom. The van der Waals surface area contributed by atoms with Gasteiger partial charge in [0.05, 0.1) is 11.1 Å². The molecule has 10 nitrogen and oxygen atoms in total. The van der Waals surface area contributed by atoms with Crippen LogP contribution in [0.4, 0.5) is 5.82 Å². The fourth-order valence-corrected chi connectivity index (χ4v) is 6.15. The normalized spacial score (nSPS) is 20.1. The Bertz CT molecular complexity index is 1290. The van der Waals surface area contributed by atoms with E-state index in [0.717, 1.165) is 50.6 Å². The number of ether oxygens (including phenoxy) is 1. The first-order valence-electron chi connectivity index (χ1n) is 13.7. The van der Waals surface area contributed by atoms with Crippen molar-refractivity contribution in [1.29, 1.82) is 0 Å². The lowest BCUT2D eigenvalue weighted by molar-refractivity contribution is 0.0494. The third kappa shape index (κ3) is 5.47. The van der Waals surface area contributed by atoms with Crippen molar-refractivity contribution in [2.24, 2.45) is 5.73 Å². The van der Waals surface area contributed by atoms with Crippen LogP contribution in [0.15, 0.2) is 42.6 Å². The fraction of sp³-hybridized carbons (Fsp3) is 0.464. The van der Waals surface area contributed by atoms with Gasteiger partial charge >= 0.3 is 0 Å². The van der Waals surface area contributed by atoms with Gasteiger partial charge in [-0.1, -0.05) is 11.6 Å². The van der Waals surface area contributed by atoms with Crippen molar-refractivity contribution < 1.29 is 9.53 Å². The molecule has 0 atom stereocenters. The molecule has 3 fully saturated rings. The second kappa shape index (κ2) is 11.1. The Morgan fingerprint density at radius 1 is 0.923 bits per heavy atom. The molecule has 6 rings (SSSR count). The van der Waals surface area contributed by atoms with Crippen LogP contribution < -0.4 is 21.5 Å². The number of nitrogen functional groups attached to an aromatic ring is 1. The van der Waals surface area contributed by atoms with Gasteiger partial charge in [0.1, 0.15) is 22.8 Å². The number of carbonyl (C=O) groups excluding carboxylic acids is 1. The highest BCUT2D eigenvalue weighted by molar-refractivity contribution is 6.30. The van der Waals surface area contributed by atoms with Crippen LogP contribution in [0.1, 0.15) is 42.1 Å². The number of nitrogens with two attached hydrogens (primary N) is 2. The molecule has 3 aliphatic heterocycles. The number of pyridine rings is 1. The molecule has 3 aliphatic rings. The van der Waals surface area contributed by atoms with Crippen LogP contribution in [0.3, 0.4) is 0 Å². The molecule has 0 aliphatic carbocycles. The number of nitrogens with zero attached hydrogens (tertiary/aromatic N) is 5. The largest absolute Gasteiger partial charge is 0.439 e. The zero-order valence-electron chi connectivity index (χ0n) is 21.9. The van der Waals surface area contributed by atoms with Crippen LogP contribution in [0, 0.1) is 0 Å². The number of primary amides is 1. The van der Waals surface area contributed by atoms with Gasteiger partial charge in [-0.2, -0.15) is 5.10 Å².